The molecular weight excluding hydrogens is 390 g/mol. The second kappa shape index (κ2) is 8.16. The highest BCUT2D eigenvalue weighted by atomic mass is 32.1. The number of likely N-dealkylation sites (tertiary alicyclic amines) is 1. The number of methoxy groups -OCH3 is 1. The monoisotopic (exact) mass is 411 g/mol. The fourth-order valence-electron chi connectivity index (χ4n) is 3.69. The van der Waals surface area contributed by atoms with Gasteiger partial charge in [-0.1, -0.05) is 30.3 Å². The van der Waals surface area contributed by atoms with Crippen LogP contribution in [0.15, 0.2) is 46.8 Å². The minimum Gasteiger partial charge on any atom is -0.469 e. The molecule has 3 aromatic rings. The van der Waals surface area contributed by atoms with Crippen molar-refractivity contribution < 1.29 is 14.3 Å². The number of ether oxygens (including phenoxy) is 1. The van der Waals surface area contributed by atoms with E-state index in [2.05, 4.69) is 4.98 Å². The van der Waals surface area contributed by atoms with Crippen molar-refractivity contribution in [2.45, 2.75) is 19.4 Å². The van der Waals surface area contributed by atoms with Gasteiger partial charge in [-0.3, -0.25) is 19.0 Å². The van der Waals surface area contributed by atoms with Crippen LogP contribution in [0, 0.1) is 5.92 Å². The quantitative estimate of drug-likeness (QED) is 0.616. The molecule has 0 N–H and O–H groups in total. The fourth-order valence-corrected chi connectivity index (χ4v) is 4.59. The zero-order valence-electron chi connectivity index (χ0n) is 16.0. The zero-order valence-corrected chi connectivity index (χ0v) is 16.9. The maximum Gasteiger partial charge on any atom is 0.308 e. The number of hydrogen-bond donors (Lipinski definition) is 0. The molecule has 7 nitrogen and oxygen atoms in total. The molecule has 4 rings (SSSR count). The van der Waals surface area contributed by atoms with Gasteiger partial charge < -0.3 is 9.64 Å². The van der Waals surface area contributed by atoms with Crippen molar-refractivity contribution in [2.24, 2.45) is 5.92 Å². The first-order valence-electron chi connectivity index (χ1n) is 9.46. The minimum atomic E-state index is -0.228. The van der Waals surface area contributed by atoms with Gasteiger partial charge in [0, 0.05) is 24.0 Å². The summed E-state index contributed by atoms with van der Waals surface area (Å²) < 4.78 is 6.15. The second-order valence-electron chi connectivity index (χ2n) is 7.05. The Hall–Kier alpha value is -3.00. The number of fused-ring (bicyclic) bond motifs is 1. The van der Waals surface area contributed by atoms with E-state index in [1.165, 1.54) is 29.3 Å². The van der Waals surface area contributed by atoms with Gasteiger partial charge in [0.25, 0.3) is 5.56 Å². The summed E-state index contributed by atoms with van der Waals surface area (Å²) in [6, 6.07) is 9.69. The van der Waals surface area contributed by atoms with Crippen LogP contribution in [0.3, 0.4) is 0 Å². The standard InChI is InChI=1S/C21H21N3O4S/c1-28-21(27)15-7-9-23(10-8-15)17(25)11-24-13-22-19-18(20(24)26)16(12-29-19)14-5-3-2-4-6-14/h2-6,12-13,15H,7-11H2,1H3. The van der Waals surface area contributed by atoms with Crippen molar-refractivity contribution in [1.29, 1.82) is 0 Å². The third-order valence-electron chi connectivity index (χ3n) is 5.33. The predicted molar refractivity (Wildman–Crippen MR) is 111 cm³/mol. The number of benzene rings is 1. The van der Waals surface area contributed by atoms with Crippen molar-refractivity contribution in [1.82, 2.24) is 14.5 Å². The largest absolute Gasteiger partial charge is 0.469 e. The number of amides is 1. The van der Waals surface area contributed by atoms with Crippen LogP contribution < -0.4 is 5.56 Å². The van der Waals surface area contributed by atoms with Gasteiger partial charge in [-0.15, -0.1) is 11.3 Å². The third kappa shape index (κ3) is 3.80. The Morgan fingerprint density at radius 1 is 1.21 bits per heavy atom. The fraction of sp³-hybridized carbons (Fsp3) is 0.333. The van der Waals surface area contributed by atoms with Crippen LogP contribution >= 0.6 is 11.3 Å². The number of nitrogens with zero attached hydrogens (tertiary/aromatic N) is 3. The Kier molecular flexibility index (Phi) is 5.44. The summed E-state index contributed by atoms with van der Waals surface area (Å²) in [7, 11) is 1.38. The van der Waals surface area contributed by atoms with Crippen LogP contribution in [0.4, 0.5) is 0 Å². The highest BCUT2D eigenvalue weighted by molar-refractivity contribution is 7.17. The van der Waals surface area contributed by atoms with Gasteiger partial charge >= 0.3 is 5.97 Å². The third-order valence-corrected chi connectivity index (χ3v) is 6.22. The molecule has 0 saturated carbocycles. The van der Waals surface area contributed by atoms with Gasteiger partial charge in [0.2, 0.25) is 5.91 Å². The number of esters is 1. The number of aromatic nitrogens is 2. The van der Waals surface area contributed by atoms with E-state index in [0.717, 1.165) is 11.1 Å². The van der Waals surface area contributed by atoms with Crippen LogP contribution in [0.2, 0.25) is 0 Å². The van der Waals surface area contributed by atoms with E-state index in [4.69, 9.17) is 4.74 Å². The van der Waals surface area contributed by atoms with Gasteiger partial charge in [-0.2, -0.15) is 0 Å². The number of hydrogen-bond acceptors (Lipinski definition) is 6. The molecular formula is C21H21N3O4S. The molecule has 1 saturated heterocycles. The van der Waals surface area contributed by atoms with Gasteiger partial charge in [-0.25, -0.2) is 4.98 Å². The average molecular weight is 411 g/mol. The lowest BCUT2D eigenvalue weighted by Crippen LogP contribution is -2.43. The van der Waals surface area contributed by atoms with Gasteiger partial charge in [-0.05, 0) is 18.4 Å². The van der Waals surface area contributed by atoms with Crippen molar-refractivity contribution in [3.63, 3.8) is 0 Å². The first kappa shape index (κ1) is 19.3. The van der Waals surface area contributed by atoms with Crippen molar-refractivity contribution >= 4 is 33.4 Å². The SMILES string of the molecule is COC(=O)C1CCN(C(=O)Cn2cnc3scc(-c4ccccc4)c3c2=O)CC1. The summed E-state index contributed by atoms with van der Waals surface area (Å²) in [4.78, 5) is 44.2. The number of piperidine rings is 1. The molecule has 0 spiro atoms. The molecule has 29 heavy (non-hydrogen) atoms. The maximum absolute atomic E-state index is 13.1. The number of thiophene rings is 1. The van der Waals surface area contributed by atoms with Crippen LogP contribution in [0.5, 0.6) is 0 Å². The molecule has 0 aliphatic carbocycles. The molecule has 0 radical (unpaired) electrons. The summed E-state index contributed by atoms with van der Waals surface area (Å²) in [6.45, 7) is 0.905. The van der Waals surface area contributed by atoms with Crippen molar-refractivity contribution in [2.75, 3.05) is 20.2 Å². The predicted octanol–water partition coefficient (Wildman–Crippen LogP) is 2.54. The molecule has 0 bridgehead atoms. The van der Waals surface area contributed by atoms with E-state index in [1.807, 2.05) is 35.7 Å². The van der Waals surface area contributed by atoms with Crippen molar-refractivity contribution in [3.05, 3.63) is 52.4 Å². The molecule has 2 aromatic heterocycles. The molecule has 1 aromatic carbocycles. The van der Waals surface area contributed by atoms with E-state index in [1.54, 1.807) is 4.90 Å². The van der Waals surface area contributed by atoms with Gasteiger partial charge in [0.1, 0.15) is 11.4 Å². The molecule has 8 heteroatoms. The van der Waals surface area contributed by atoms with Crippen LogP contribution in [0.1, 0.15) is 12.8 Å². The van der Waals surface area contributed by atoms with E-state index in [0.29, 0.717) is 36.1 Å². The first-order chi connectivity index (χ1) is 14.1. The average Bonchev–Trinajstić information content (AvgIpc) is 3.21. The lowest BCUT2D eigenvalue weighted by atomic mass is 9.97. The van der Waals surface area contributed by atoms with Gasteiger partial charge in [0.15, 0.2) is 0 Å². The molecule has 1 aliphatic heterocycles. The topological polar surface area (TPSA) is 81.5 Å². The number of carbonyl (C=O) groups is 2. The minimum absolute atomic E-state index is 0.0608. The normalized spacial score (nSPS) is 14.9. The van der Waals surface area contributed by atoms with Crippen molar-refractivity contribution in [3.8, 4) is 11.1 Å². The van der Waals surface area contributed by atoms with Crippen LogP contribution in [-0.2, 0) is 20.9 Å². The number of carbonyl (C=O) groups excluding carboxylic acids is 2. The molecule has 3 heterocycles. The van der Waals surface area contributed by atoms with E-state index < -0.39 is 0 Å². The molecule has 1 aliphatic rings. The Labute approximate surface area is 171 Å². The molecule has 1 amide bonds. The smallest absolute Gasteiger partial charge is 0.308 e. The molecule has 1 fully saturated rings. The van der Waals surface area contributed by atoms with Crippen LogP contribution in [0.25, 0.3) is 21.3 Å². The zero-order chi connectivity index (χ0) is 20.4. The van der Waals surface area contributed by atoms with E-state index >= 15 is 0 Å². The first-order valence-corrected chi connectivity index (χ1v) is 10.3. The summed E-state index contributed by atoms with van der Waals surface area (Å²) in [5, 5.41) is 2.47. The Morgan fingerprint density at radius 2 is 1.93 bits per heavy atom. The van der Waals surface area contributed by atoms with E-state index in [9.17, 15) is 14.4 Å². The Bertz CT molecular complexity index is 1100. The number of rotatable bonds is 4. The highest BCUT2D eigenvalue weighted by Crippen LogP contribution is 2.30. The van der Waals surface area contributed by atoms with Gasteiger partial charge in [0.05, 0.1) is 24.7 Å². The lowest BCUT2D eigenvalue weighted by molar-refractivity contribution is -0.149. The second-order valence-corrected chi connectivity index (χ2v) is 7.91. The Balaban J connectivity index is 1.55. The lowest BCUT2D eigenvalue weighted by Gasteiger charge is -2.30. The molecule has 0 unspecified atom stereocenters. The summed E-state index contributed by atoms with van der Waals surface area (Å²) in [5.41, 5.74) is 1.57. The summed E-state index contributed by atoms with van der Waals surface area (Å²) in [5.74, 6) is -0.536. The molecule has 0 atom stereocenters. The van der Waals surface area contributed by atoms with E-state index in [-0.39, 0.29) is 29.9 Å². The summed E-state index contributed by atoms with van der Waals surface area (Å²) >= 11 is 1.42. The Morgan fingerprint density at radius 3 is 2.62 bits per heavy atom. The maximum atomic E-state index is 13.1. The molecule has 150 valence electrons. The highest BCUT2D eigenvalue weighted by Gasteiger charge is 2.28. The van der Waals surface area contributed by atoms with Crippen LogP contribution in [-0.4, -0.2) is 46.5 Å². The summed E-state index contributed by atoms with van der Waals surface area (Å²) in [6.07, 6.45) is 2.59.